The number of nitrogens with one attached hydrogen (secondary N) is 1. The Labute approximate surface area is 123 Å². The van der Waals surface area contributed by atoms with Crippen molar-refractivity contribution in [3.63, 3.8) is 0 Å². The predicted molar refractivity (Wildman–Crippen MR) is 82.5 cm³/mol. The van der Waals surface area contributed by atoms with Crippen LogP contribution in [-0.4, -0.2) is 47.2 Å². The van der Waals surface area contributed by atoms with Crippen LogP contribution in [0.4, 0.5) is 0 Å². The third-order valence-corrected chi connectivity index (χ3v) is 4.26. The second-order valence-corrected chi connectivity index (χ2v) is 7.20. The number of carbonyl (C=O) groups is 1. The molecule has 0 radical (unpaired) electrons. The first-order chi connectivity index (χ1) is 9.23. The van der Waals surface area contributed by atoms with Gasteiger partial charge in [-0.2, -0.15) is 0 Å². The smallest absolute Gasteiger partial charge is 0.234 e. The average Bonchev–Trinajstić information content (AvgIpc) is 2.25. The lowest BCUT2D eigenvalue weighted by atomic mass is 9.83. The summed E-state index contributed by atoms with van der Waals surface area (Å²) in [7, 11) is 0. The van der Waals surface area contributed by atoms with Gasteiger partial charge < -0.3 is 10.4 Å². The molecule has 0 aromatic rings. The molecule has 20 heavy (non-hydrogen) atoms. The van der Waals surface area contributed by atoms with Crippen molar-refractivity contribution in [3.05, 3.63) is 0 Å². The normalized spacial score (nSPS) is 20.0. The second-order valence-electron chi connectivity index (χ2n) is 7.20. The summed E-state index contributed by atoms with van der Waals surface area (Å²) in [5.74, 6) is 1.05. The highest BCUT2D eigenvalue weighted by molar-refractivity contribution is 5.78. The van der Waals surface area contributed by atoms with E-state index in [0.29, 0.717) is 19.6 Å². The summed E-state index contributed by atoms with van der Waals surface area (Å²) in [4.78, 5) is 13.9. The van der Waals surface area contributed by atoms with Crippen molar-refractivity contribution >= 4 is 5.91 Å². The first-order valence-electron chi connectivity index (χ1n) is 7.97. The van der Waals surface area contributed by atoms with Gasteiger partial charge in [-0.05, 0) is 25.2 Å². The Morgan fingerprint density at radius 2 is 1.80 bits per heavy atom. The molecule has 1 unspecified atom stereocenters. The molecule has 0 spiro atoms. The van der Waals surface area contributed by atoms with Crippen molar-refractivity contribution in [2.24, 2.45) is 11.8 Å². The summed E-state index contributed by atoms with van der Waals surface area (Å²) in [6.45, 7) is 12.2. The zero-order valence-corrected chi connectivity index (χ0v) is 13.8. The van der Waals surface area contributed by atoms with Gasteiger partial charge in [0.1, 0.15) is 0 Å². The summed E-state index contributed by atoms with van der Waals surface area (Å²) < 4.78 is 0. The highest BCUT2D eigenvalue weighted by Crippen LogP contribution is 2.27. The van der Waals surface area contributed by atoms with Gasteiger partial charge in [-0.25, -0.2) is 0 Å². The van der Waals surface area contributed by atoms with Gasteiger partial charge in [0.15, 0.2) is 0 Å². The number of β-amino-alcohol motifs (C(OH)–C–C–N with tert-alkyl or cyclic N) is 1. The quantitative estimate of drug-likeness (QED) is 0.717. The van der Waals surface area contributed by atoms with E-state index in [0.717, 1.165) is 18.8 Å². The first kappa shape index (κ1) is 17.4. The number of hydrogen-bond acceptors (Lipinski definition) is 3. The predicted octanol–water partition coefficient (Wildman–Crippen LogP) is 2.02. The van der Waals surface area contributed by atoms with Gasteiger partial charge in [0.25, 0.3) is 0 Å². The van der Waals surface area contributed by atoms with Crippen LogP contribution in [0.3, 0.4) is 0 Å². The van der Waals surface area contributed by atoms with Crippen molar-refractivity contribution in [2.75, 3.05) is 19.6 Å². The number of nitrogens with zero attached hydrogens (tertiary/aromatic N) is 1. The van der Waals surface area contributed by atoms with Crippen LogP contribution in [0.5, 0.6) is 0 Å². The molecule has 2 N–H and O–H groups in total. The molecule has 0 saturated carbocycles. The minimum absolute atomic E-state index is 0.0767. The number of carbonyl (C=O) groups excluding carboxylic acids is 1. The van der Waals surface area contributed by atoms with Gasteiger partial charge >= 0.3 is 0 Å². The van der Waals surface area contributed by atoms with Crippen LogP contribution in [0, 0.1) is 11.8 Å². The minimum atomic E-state index is -0.594. The third kappa shape index (κ3) is 5.41. The number of aliphatic hydroxyl groups is 1. The molecule has 0 aliphatic carbocycles. The second kappa shape index (κ2) is 7.41. The molecule has 0 aromatic heterocycles. The van der Waals surface area contributed by atoms with Crippen LogP contribution in [0.1, 0.15) is 53.9 Å². The molecule has 1 rings (SSSR count). The average molecular weight is 284 g/mol. The highest BCUT2D eigenvalue weighted by Gasteiger charge is 2.43. The lowest BCUT2D eigenvalue weighted by Gasteiger charge is -2.48. The molecule has 4 nitrogen and oxygen atoms in total. The van der Waals surface area contributed by atoms with Crippen molar-refractivity contribution < 1.29 is 9.90 Å². The Bertz CT molecular complexity index is 310. The van der Waals surface area contributed by atoms with Crippen LogP contribution in [0.15, 0.2) is 0 Å². The summed E-state index contributed by atoms with van der Waals surface area (Å²) in [5, 5.41) is 13.2. The standard InChI is InChI=1S/C16H32N2O2/c1-12(2)7-6-8-14(5)17-15(19)9-18-10-16(20,11-18)13(3)4/h12-14,20H,6-11H2,1-5H3,(H,17,19). The van der Waals surface area contributed by atoms with E-state index in [4.69, 9.17) is 0 Å². The molecule has 1 amide bonds. The zero-order chi connectivity index (χ0) is 15.3. The topological polar surface area (TPSA) is 52.6 Å². The molecule has 0 bridgehead atoms. The zero-order valence-electron chi connectivity index (χ0n) is 13.8. The maximum absolute atomic E-state index is 11.9. The molecule has 1 aliphatic rings. The van der Waals surface area contributed by atoms with Crippen LogP contribution in [0.2, 0.25) is 0 Å². The van der Waals surface area contributed by atoms with E-state index in [1.54, 1.807) is 0 Å². The monoisotopic (exact) mass is 284 g/mol. The molecular weight excluding hydrogens is 252 g/mol. The van der Waals surface area contributed by atoms with E-state index in [1.165, 1.54) is 6.42 Å². The molecule has 1 aliphatic heterocycles. The number of amides is 1. The lowest BCUT2D eigenvalue weighted by Crippen LogP contribution is -2.65. The molecular formula is C16H32N2O2. The van der Waals surface area contributed by atoms with Crippen LogP contribution in [0.25, 0.3) is 0 Å². The number of likely N-dealkylation sites (tertiary alicyclic amines) is 1. The van der Waals surface area contributed by atoms with E-state index in [-0.39, 0.29) is 17.9 Å². The van der Waals surface area contributed by atoms with Gasteiger partial charge in [-0.1, -0.05) is 40.5 Å². The number of hydrogen-bond donors (Lipinski definition) is 2. The van der Waals surface area contributed by atoms with E-state index in [1.807, 2.05) is 18.7 Å². The number of rotatable bonds is 8. The Morgan fingerprint density at radius 1 is 1.20 bits per heavy atom. The largest absolute Gasteiger partial charge is 0.387 e. The van der Waals surface area contributed by atoms with E-state index < -0.39 is 5.60 Å². The molecule has 1 heterocycles. The lowest BCUT2D eigenvalue weighted by molar-refractivity contribution is -0.142. The van der Waals surface area contributed by atoms with E-state index >= 15 is 0 Å². The Balaban J connectivity index is 2.15. The third-order valence-electron chi connectivity index (χ3n) is 4.26. The molecule has 4 heteroatoms. The summed E-state index contributed by atoms with van der Waals surface area (Å²) >= 11 is 0. The van der Waals surface area contributed by atoms with Crippen molar-refractivity contribution in [2.45, 2.75) is 65.5 Å². The maximum atomic E-state index is 11.9. The Hall–Kier alpha value is -0.610. The SMILES string of the molecule is CC(C)CCCC(C)NC(=O)CN1CC(O)(C(C)C)C1. The summed E-state index contributed by atoms with van der Waals surface area (Å²) in [6, 6.07) is 0.242. The fraction of sp³-hybridized carbons (Fsp3) is 0.938. The van der Waals surface area contributed by atoms with Crippen LogP contribution < -0.4 is 5.32 Å². The maximum Gasteiger partial charge on any atom is 0.234 e. The van der Waals surface area contributed by atoms with E-state index in [9.17, 15) is 9.90 Å². The molecule has 0 aromatic carbocycles. The van der Waals surface area contributed by atoms with Gasteiger partial charge in [0, 0.05) is 19.1 Å². The van der Waals surface area contributed by atoms with Gasteiger partial charge in [-0.3, -0.25) is 9.69 Å². The molecule has 118 valence electrons. The van der Waals surface area contributed by atoms with Gasteiger partial charge in [0.2, 0.25) is 5.91 Å². The fourth-order valence-corrected chi connectivity index (χ4v) is 2.63. The van der Waals surface area contributed by atoms with Gasteiger partial charge in [0.05, 0.1) is 12.1 Å². The highest BCUT2D eigenvalue weighted by atomic mass is 16.3. The van der Waals surface area contributed by atoms with E-state index in [2.05, 4.69) is 26.1 Å². The van der Waals surface area contributed by atoms with Crippen molar-refractivity contribution in [1.82, 2.24) is 10.2 Å². The molecule has 1 saturated heterocycles. The first-order valence-corrected chi connectivity index (χ1v) is 7.97. The van der Waals surface area contributed by atoms with Crippen molar-refractivity contribution in [1.29, 1.82) is 0 Å². The van der Waals surface area contributed by atoms with Crippen molar-refractivity contribution in [3.8, 4) is 0 Å². The van der Waals surface area contributed by atoms with Crippen LogP contribution >= 0.6 is 0 Å². The van der Waals surface area contributed by atoms with Crippen LogP contribution in [-0.2, 0) is 4.79 Å². The Morgan fingerprint density at radius 3 is 2.30 bits per heavy atom. The Kier molecular flexibility index (Phi) is 6.46. The molecule has 1 fully saturated rings. The fourth-order valence-electron chi connectivity index (χ4n) is 2.63. The van der Waals surface area contributed by atoms with Gasteiger partial charge in [-0.15, -0.1) is 0 Å². The minimum Gasteiger partial charge on any atom is -0.387 e. The summed E-state index contributed by atoms with van der Waals surface area (Å²) in [6.07, 6.45) is 3.42. The molecule has 1 atom stereocenters. The summed E-state index contributed by atoms with van der Waals surface area (Å²) in [5.41, 5.74) is -0.594.